The first kappa shape index (κ1) is 22.7. The van der Waals surface area contributed by atoms with Crippen molar-refractivity contribution in [1.29, 1.82) is 0 Å². The highest BCUT2D eigenvalue weighted by Crippen LogP contribution is 2.32. The fourth-order valence-electron chi connectivity index (χ4n) is 3.89. The zero-order valence-corrected chi connectivity index (χ0v) is 17.3. The summed E-state index contributed by atoms with van der Waals surface area (Å²) in [5.41, 5.74) is 1.64. The molecule has 2 atom stereocenters. The zero-order chi connectivity index (χ0) is 23.6. The molecule has 3 aromatic rings. The molecular formula is C22H21F3N4O4. The molecule has 0 spiro atoms. The summed E-state index contributed by atoms with van der Waals surface area (Å²) < 4.78 is 46.7. The molecule has 33 heavy (non-hydrogen) atoms. The summed E-state index contributed by atoms with van der Waals surface area (Å²) in [6.07, 6.45) is -2.48. The van der Waals surface area contributed by atoms with Crippen LogP contribution in [0.15, 0.2) is 48.7 Å². The summed E-state index contributed by atoms with van der Waals surface area (Å²) in [5, 5.41) is 11.7. The minimum absolute atomic E-state index is 0.0195. The second kappa shape index (κ2) is 9.20. The van der Waals surface area contributed by atoms with Crippen LogP contribution in [0.2, 0.25) is 0 Å². The second-order valence-corrected chi connectivity index (χ2v) is 7.73. The van der Waals surface area contributed by atoms with Gasteiger partial charge in [0.1, 0.15) is 5.82 Å². The molecule has 4 rings (SSSR count). The van der Waals surface area contributed by atoms with E-state index in [0.29, 0.717) is 24.2 Å². The van der Waals surface area contributed by atoms with E-state index in [4.69, 9.17) is 9.94 Å². The van der Waals surface area contributed by atoms with Crippen LogP contribution in [0.3, 0.4) is 0 Å². The fraction of sp³-hybridized carbons (Fsp3) is 0.318. The number of nitrogens with one attached hydrogen (secondary N) is 2. The molecule has 0 unspecified atom stereocenters. The summed E-state index contributed by atoms with van der Waals surface area (Å²) in [6.45, 7) is 0.450. The Kier molecular flexibility index (Phi) is 6.34. The summed E-state index contributed by atoms with van der Waals surface area (Å²) in [7, 11) is 0. The lowest BCUT2D eigenvalue weighted by atomic mass is 9.94. The average Bonchev–Trinajstić information content (AvgIpc) is 3.18. The molecule has 174 valence electrons. The number of pyridine rings is 1. The van der Waals surface area contributed by atoms with Crippen LogP contribution in [0.25, 0.3) is 5.52 Å². The highest BCUT2D eigenvalue weighted by molar-refractivity contribution is 5.94. The lowest BCUT2D eigenvalue weighted by Gasteiger charge is -2.30. The molecule has 2 aromatic heterocycles. The van der Waals surface area contributed by atoms with Gasteiger partial charge < -0.3 is 14.5 Å². The normalized spacial score (nSPS) is 18.8. The molecule has 1 aliphatic rings. The Morgan fingerprint density at radius 3 is 2.64 bits per heavy atom. The van der Waals surface area contributed by atoms with Crippen molar-refractivity contribution in [2.45, 2.75) is 25.1 Å². The number of alkyl halides is 3. The molecule has 2 amide bonds. The number of rotatable bonds is 5. The van der Waals surface area contributed by atoms with Crippen molar-refractivity contribution in [3.8, 4) is 0 Å². The van der Waals surface area contributed by atoms with Crippen LogP contribution in [-0.4, -0.2) is 45.7 Å². The van der Waals surface area contributed by atoms with Gasteiger partial charge in [-0.05, 0) is 36.2 Å². The largest absolute Gasteiger partial charge is 0.435 e. The van der Waals surface area contributed by atoms with Gasteiger partial charge in [-0.25, -0.2) is 10.5 Å². The molecule has 1 saturated heterocycles. The highest BCUT2D eigenvalue weighted by atomic mass is 19.4. The van der Waals surface area contributed by atoms with E-state index in [2.05, 4.69) is 10.3 Å². The van der Waals surface area contributed by atoms with Gasteiger partial charge >= 0.3 is 6.18 Å². The number of amides is 2. The van der Waals surface area contributed by atoms with Gasteiger partial charge in [0.2, 0.25) is 0 Å². The Morgan fingerprint density at radius 2 is 1.94 bits per heavy atom. The Balaban J connectivity index is 1.49. The first-order valence-electron chi connectivity index (χ1n) is 10.2. The van der Waals surface area contributed by atoms with Gasteiger partial charge in [-0.15, -0.1) is 0 Å². The standard InChI is InChI=1S/C22H21F3N4O4/c23-22(24,25)19-17-3-1-2-9-29(17)18(27-19)11-13-4-6-14(7-5-13)20(30)26-16-8-10-33-12-15(16)21(31)28-32/h1-7,9,15-16,32H,8,10-12H2,(H,26,30)(H,28,31)/t15-,16+/m0/s1. The number of hydrogen-bond donors (Lipinski definition) is 3. The molecule has 0 saturated carbocycles. The van der Waals surface area contributed by atoms with Crippen LogP contribution in [0.4, 0.5) is 13.2 Å². The molecular weight excluding hydrogens is 441 g/mol. The van der Waals surface area contributed by atoms with Crippen LogP contribution in [0.5, 0.6) is 0 Å². The summed E-state index contributed by atoms with van der Waals surface area (Å²) in [4.78, 5) is 28.3. The number of ether oxygens (including phenoxy) is 1. The highest BCUT2D eigenvalue weighted by Gasteiger charge is 2.36. The third-order valence-corrected chi connectivity index (χ3v) is 5.59. The Bertz CT molecular complexity index is 1160. The number of imidazole rings is 1. The van der Waals surface area contributed by atoms with E-state index in [9.17, 15) is 22.8 Å². The van der Waals surface area contributed by atoms with Crippen LogP contribution in [-0.2, 0) is 22.1 Å². The maximum atomic E-state index is 13.3. The first-order chi connectivity index (χ1) is 15.8. The van der Waals surface area contributed by atoms with Crippen LogP contribution < -0.4 is 10.8 Å². The SMILES string of the molecule is O=C(N[C@@H]1CCOC[C@@H]1C(=O)NO)c1ccc(Cc2nc(C(F)(F)F)c3ccccn23)cc1. The molecule has 8 nitrogen and oxygen atoms in total. The van der Waals surface area contributed by atoms with Crippen LogP contribution in [0.1, 0.15) is 33.9 Å². The average molecular weight is 462 g/mol. The van der Waals surface area contributed by atoms with Crippen molar-refractivity contribution in [1.82, 2.24) is 20.2 Å². The van der Waals surface area contributed by atoms with Crippen LogP contribution >= 0.6 is 0 Å². The fourth-order valence-corrected chi connectivity index (χ4v) is 3.89. The molecule has 0 radical (unpaired) electrons. The quantitative estimate of drug-likeness (QED) is 0.399. The Labute approximate surface area is 186 Å². The van der Waals surface area contributed by atoms with Crippen molar-refractivity contribution >= 4 is 17.3 Å². The zero-order valence-electron chi connectivity index (χ0n) is 17.3. The van der Waals surface area contributed by atoms with E-state index in [1.54, 1.807) is 35.8 Å². The van der Waals surface area contributed by atoms with Gasteiger partial charge in [0.15, 0.2) is 5.69 Å². The van der Waals surface area contributed by atoms with Gasteiger partial charge in [0, 0.05) is 30.8 Å². The molecule has 0 aliphatic carbocycles. The number of aromatic nitrogens is 2. The predicted molar refractivity (Wildman–Crippen MR) is 110 cm³/mol. The van der Waals surface area contributed by atoms with E-state index < -0.39 is 35.6 Å². The van der Waals surface area contributed by atoms with Crippen molar-refractivity contribution < 1.29 is 32.7 Å². The van der Waals surface area contributed by atoms with Gasteiger partial charge in [-0.2, -0.15) is 13.2 Å². The van der Waals surface area contributed by atoms with Crippen molar-refractivity contribution in [3.05, 3.63) is 71.3 Å². The number of benzene rings is 1. The number of nitrogens with zero attached hydrogens (tertiary/aromatic N) is 2. The van der Waals surface area contributed by atoms with Gasteiger partial charge in [0.05, 0.1) is 18.0 Å². The third kappa shape index (κ3) is 4.83. The van der Waals surface area contributed by atoms with Gasteiger partial charge in [-0.3, -0.25) is 14.8 Å². The molecule has 11 heteroatoms. The lowest BCUT2D eigenvalue weighted by Crippen LogP contribution is -2.51. The number of fused-ring (bicyclic) bond motifs is 1. The maximum Gasteiger partial charge on any atom is 0.435 e. The Morgan fingerprint density at radius 1 is 1.18 bits per heavy atom. The van der Waals surface area contributed by atoms with Crippen molar-refractivity contribution in [2.75, 3.05) is 13.2 Å². The topological polar surface area (TPSA) is 105 Å². The summed E-state index contributed by atoms with van der Waals surface area (Å²) >= 11 is 0. The van der Waals surface area contributed by atoms with Crippen molar-refractivity contribution in [3.63, 3.8) is 0 Å². The number of halogens is 3. The van der Waals surface area contributed by atoms with E-state index in [-0.39, 0.29) is 24.4 Å². The molecule has 3 heterocycles. The van der Waals surface area contributed by atoms with E-state index in [1.807, 2.05) is 0 Å². The van der Waals surface area contributed by atoms with Crippen molar-refractivity contribution in [2.24, 2.45) is 5.92 Å². The monoisotopic (exact) mass is 462 g/mol. The molecule has 1 fully saturated rings. The van der Waals surface area contributed by atoms with E-state index in [0.717, 1.165) is 0 Å². The molecule has 0 bridgehead atoms. The number of hydrogen-bond acceptors (Lipinski definition) is 5. The predicted octanol–water partition coefficient (Wildman–Crippen LogP) is 2.58. The number of carbonyl (C=O) groups is 2. The second-order valence-electron chi connectivity index (χ2n) is 7.73. The maximum absolute atomic E-state index is 13.3. The molecule has 3 N–H and O–H groups in total. The molecule has 1 aliphatic heterocycles. The number of hydroxylamine groups is 1. The first-order valence-corrected chi connectivity index (χ1v) is 10.2. The molecule has 1 aromatic carbocycles. The van der Waals surface area contributed by atoms with E-state index >= 15 is 0 Å². The van der Waals surface area contributed by atoms with Gasteiger partial charge in [0.25, 0.3) is 11.8 Å². The lowest BCUT2D eigenvalue weighted by molar-refractivity contribution is -0.140. The smallest absolute Gasteiger partial charge is 0.380 e. The summed E-state index contributed by atoms with van der Waals surface area (Å²) in [6, 6.07) is 10.4. The Hall–Kier alpha value is -3.44. The van der Waals surface area contributed by atoms with Gasteiger partial charge in [-0.1, -0.05) is 18.2 Å². The van der Waals surface area contributed by atoms with Crippen LogP contribution in [0, 0.1) is 5.92 Å². The minimum Gasteiger partial charge on any atom is -0.380 e. The summed E-state index contributed by atoms with van der Waals surface area (Å²) in [5.74, 6) is -1.53. The van der Waals surface area contributed by atoms with E-state index in [1.165, 1.54) is 22.7 Å². The number of carbonyl (C=O) groups excluding carboxylic acids is 2. The third-order valence-electron chi connectivity index (χ3n) is 5.59. The minimum atomic E-state index is -4.57.